The average Bonchev–Trinajstić information content (AvgIpc) is 2.49. The van der Waals surface area contributed by atoms with Crippen LogP contribution in [0, 0.1) is 6.92 Å². The van der Waals surface area contributed by atoms with Crippen LogP contribution in [0.1, 0.15) is 17.5 Å². The highest BCUT2D eigenvalue weighted by Crippen LogP contribution is 2.19. The molecular formula is C17H19ClN2O. The first-order valence-corrected chi connectivity index (χ1v) is 7.30. The van der Waals surface area contributed by atoms with Gasteiger partial charge in [-0.25, -0.2) is 0 Å². The lowest BCUT2D eigenvalue weighted by Gasteiger charge is -2.13. The number of hydrogen-bond donors (Lipinski definition) is 2. The molecule has 0 bridgehead atoms. The quantitative estimate of drug-likeness (QED) is 0.887. The highest BCUT2D eigenvalue weighted by molar-refractivity contribution is 6.31. The second-order valence-corrected chi connectivity index (χ2v) is 5.49. The van der Waals surface area contributed by atoms with Crippen molar-refractivity contribution in [2.24, 2.45) is 5.73 Å². The van der Waals surface area contributed by atoms with Gasteiger partial charge in [0.1, 0.15) is 0 Å². The van der Waals surface area contributed by atoms with Crippen LogP contribution in [0.15, 0.2) is 48.5 Å². The van der Waals surface area contributed by atoms with E-state index in [0.29, 0.717) is 11.4 Å². The molecule has 2 aromatic rings. The lowest BCUT2D eigenvalue weighted by atomic mass is 10.1. The van der Waals surface area contributed by atoms with Gasteiger partial charge in [0.15, 0.2) is 0 Å². The molecule has 2 rings (SSSR count). The van der Waals surface area contributed by atoms with Gasteiger partial charge in [-0.3, -0.25) is 4.79 Å². The van der Waals surface area contributed by atoms with Crippen molar-refractivity contribution in [1.29, 1.82) is 0 Å². The van der Waals surface area contributed by atoms with Gasteiger partial charge in [0.05, 0.1) is 6.04 Å². The summed E-state index contributed by atoms with van der Waals surface area (Å²) in [5.74, 6) is -0.173. The van der Waals surface area contributed by atoms with Crippen LogP contribution in [0.3, 0.4) is 0 Å². The molecule has 1 atom stereocenters. The number of amides is 1. The summed E-state index contributed by atoms with van der Waals surface area (Å²) < 4.78 is 0. The molecule has 21 heavy (non-hydrogen) atoms. The monoisotopic (exact) mass is 302 g/mol. The molecule has 0 radical (unpaired) electrons. The van der Waals surface area contributed by atoms with E-state index in [1.165, 1.54) is 5.56 Å². The lowest BCUT2D eigenvalue weighted by molar-refractivity contribution is -0.117. The van der Waals surface area contributed by atoms with E-state index >= 15 is 0 Å². The number of nitrogens with one attached hydrogen (secondary N) is 1. The van der Waals surface area contributed by atoms with Crippen molar-refractivity contribution >= 4 is 23.2 Å². The van der Waals surface area contributed by atoms with Crippen LogP contribution in [0.25, 0.3) is 0 Å². The molecule has 3 nitrogen and oxygen atoms in total. The zero-order valence-corrected chi connectivity index (χ0v) is 12.7. The molecule has 1 amide bonds. The predicted octanol–water partition coefficient (Wildman–Crippen LogP) is 3.55. The Morgan fingerprint density at radius 1 is 1.24 bits per heavy atom. The lowest BCUT2D eigenvalue weighted by Crippen LogP contribution is -2.36. The van der Waals surface area contributed by atoms with E-state index in [1.807, 2.05) is 43.3 Å². The van der Waals surface area contributed by atoms with Gasteiger partial charge in [0, 0.05) is 10.7 Å². The number of anilines is 1. The van der Waals surface area contributed by atoms with E-state index in [2.05, 4.69) is 5.32 Å². The van der Waals surface area contributed by atoms with Crippen molar-refractivity contribution in [2.75, 3.05) is 5.32 Å². The first-order chi connectivity index (χ1) is 10.1. The number of carbonyl (C=O) groups excluding carboxylic acids is 1. The number of nitrogens with two attached hydrogens (primary N) is 1. The Hall–Kier alpha value is -1.84. The number of hydrogen-bond acceptors (Lipinski definition) is 2. The molecule has 0 unspecified atom stereocenters. The largest absolute Gasteiger partial charge is 0.325 e. The zero-order valence-electron chi connectivity index (χ0n) is 12.0. The van der Waals surface area contributed by atoms with Crippen LogP contribution < -0.4 is 11.1 Å². The molecule has 3 N–H and O–H groups in total. The summed E-state index contributed by atoms with van der Waals surface area (Å²) in [6.45, 7) is 1.90. The van der Waals surface area contributed by atoms with Gasteiger partial charge in [-0.1, -0.05) is 41.9 Å². The maximum Gasteiger partial charge on any atom is 0.241 e. The summed E-state index contributed by atoms with van der Waals surface area (Å²) in [4.78, 5) is 12.1. The van der Waals surface area contributed by atoms with Crippen molar-refractivity contribution in [2.45, 2.75) is 25.8 Å². The SMILES string of the molecule is Cc1cc(NC(=O)[C@H](N)CCc2ccccc2)ccc1Cl. The van der Waals surface area contributed by atoms with Crippen molar-refractivity contribution in [3.63, 3.8) is 0 Å². The van der Waals surface area contributed by atoms with E-state index in [4.69, 9.17) is 17.3 Å². The fourth-order valence-corrected chi connectivity index (χ4v) is 2.17. The standard InChI is InChI=1S/C17H19ClN2O/c1-12-11-14(8-9-15(12)18)20-17(21)16(19)10-7-13-5-3-2-4-6-13/h2-6,8-9,11,16H,7,10,19H2,1H3,(H,20,21)/t16-/m1/s1. The first kappa shape index (κ1) is 15.5. The molecule has 0 saturated heterocycles. The number of halogens is 1. The Balaban J connectivity index is 1.89. The fourth-order valence-electron chi connectivity index (χ4n) is 2.06. The van der Waals surface area contributed by atoms with Crippen LogP contribution in [0.4, 0.5) is 5.69 Å². The highest BCUT2D eigenvalue weighted by Gasteiger charge is 2.13. The third kappa shape index (κ3) is 4.59. The van der Waals surface area contributed by atoms with Crippen LogP contribution in [0.5, 0.6) is 0 Å². The summed E-state index contributed by atoms with van der Waals surface area (Å²) >= 11 is 5.96. The van der Waals surface area contributed by atoms with Crippen molar-refractivity contribution in [3.05, 3.63) is 64.7 Å². The smallest absolute Gasteiger partial charge is 0.241 e. The minimum atomic E-state index is -0.527. The minimum absolute atomic E-state index is 0.173. The van der Waals surface area contributed by atoms with Gasteiger partial charge < -0.3 is 11.1 Å². The average molecular weight is 303 g/mol. The molecule has 0 aliphatic heterocycles. The molecule has 0 fully saturated rings. The molecular weight excluding hydrogens is 284 g/mol. The molecule has 0 heterocycles. The van der Waals surface area contributed by atoms with Gasteiger partial charge in [0.2, 0.25) is 5.91 Å². The van der Waals surface area contributed by atoms with Crippen LogP contribution in [-0.4, -0.2) is 11.9 Å². The molecule has 0 aliphatic carbocycles. The third-order valence-electron chi connectivity index (χ3n) is 3.35. The van der Waals surface area contributed by atoms with E-state index in [0.717, 1.165) is 17.7 Å². The fraction of sp³-hybridized carbons (Fsp3) is 0.235. The van der Waals surface area contributed by atoms with E-state index in [-0.39, 0.29) is 5.91 Å². The van der Waals surface area contributed by atoms with Gasteiger partial charge in [0.25, 0.3) is 0 Å². The minimum Gasteiger partial charge on any atom is -0.325 e. The van der Waals surface area contributed by atoms with Gasteiger partial charge >= 0.3 is 0 Å². The second-order valence-electron chi connectivity index (χ2n) is 5.08. The topological polar surface area (TPSA) is 55.1 Å². The normalized spacial score (nSPS) is 12.0. The van der Waals surface area contributed by atoms with Crippen LogP contribution in [0.2, 0.25) is 5.02 Å². The van der Waals surface area contributed by atoms with Gasteiger partial charge in [-0.05, 0) is 49.1 Å². The molecule has 0 spiro atoms. The number of aryl methyl sites for hydroxylation is 2. The van der Waals surface area contributed by atoms with E-state index in [9.17, 15) is 4.79 Å². The Labute approximate surface area is 130 Å². The zero-order chi connectivity index (χ0) is 15.2. The molecule has 110 valence electrons. The Kier molecular flexibility index (Phi) is 5.37. The van der Waals surface area contributed by atoms with Crippen molar-refractivity contribution in [3.8, 4) is 0 Å². The van der Waals surface area contributed by atoms with Crippen LogP contribution in [-0.2, 0) is 11.2 Å². The molecule has 4 heteroatoms. The van der Waals surface area contributed by atoms with Gasteiger partial charge in [-0.2, -0.15) is 0 Å². The summed E-state index contributed by atoms with van der Waals surface area (Å²) in [7, 11) is 0. The highest BCUT2D eigenvalue weighted by atomic mass is 35.5. The Morgan fingerprint density at radius 2 is 1.95 bits per heavy atom. The molecule has 2 aromatic carbocycles. The van der Waals surface area contributed by atoms with Crippen molar-refractivity contribution in [1.82, 2.24) is 0 Å². The first-order valence-electron chi connectivity index (χ1n) is 6.93. The maximum atomic E-state index is 12.1. The molecule has 0 saturated carbocycles. The van der Waals surface area contributed by atoms with E-state index in [1.54, 1.807) is 12.1 Å². The molecule has 0 aliphatic rings. The third-order valence-corrected chi connectivity index (χ3v) is 3.77. The Bertz CT molecular complexity index is 613. The summed E-state index contributed by atoms with van der Waals surface area (Å²) in [5.41, 5.74) is 8.77. The molecule has 0 aromatic heterocycles. The Morgan fingerprint density at radius 3 is 2.62 bits per heavy atom. The number of carbonyl (C=O) groups is 1. The summed E-state index contributed by atoms with van der Waals surface area (Å²) in [5, 5.41) is 3.51. The summed E-state index contributed by atoms with van der Waals surface area (Å²) in [6, 6.07) is 14.9. The maximum absolute atomic E-state index is 12.1. The number of benzene rings is 2. The van der Waals surface area contributed by atoms with Crippen LogP contribution >= 0.6 is 11.6 Å². The second kappa shape index (κ2) is 7.25. The number of rotatable bonds is 5. The van der Waals surface area contributed by atoms with Gasteiger partial charge in [-0.15, -0.1) is 0 Å². The predicted molar refractivity (Wildman–Crippen MR) is 87.6 cm³/mol. The van der Waals surface area contributed by atoms with E-state index < -0.39 is 6.04 Å². The summed E-state index contributed by atoms with van der Waals surface area (Å²) in [6.07, 6.45) is 1.40. The van der Waals surface area contributed by atoms with Crippen molar-refractivity contribution < 1.29 is 4.79 Å².